The fourth-order valence-corrected chi connectivity index (χ4v) is 3.63. The predicted octanol–water partition coefficient (Wildman–Crippen LogP) is 2.77. The van der Waals surface area contributed by atoms with Crippen molar-refractivity contribution in [3.05, 3.63) is 18.2 Å². The third-order valence-corrected chi connectivity index (χ3v) is 4.78. The molecule has 1 aromatic rings. The zero-order chi connectivity index (χ0) is 14.7. The van der Waals surface area contributed by atoms with Gasteiger partial charge in [-0.15, -0.1) is 0 Å². The number of nitrogens with zero attached hydrogens (tertiary/aromatic N) is 2. The van der Waals surface area contributed by atoms with E-state index in [4.69, 9.17) is 9.47 Å². The van der Waals surface area contributed by atoms with Crippen LogP contribution in [0.4, 0.5) is 5.69 Å². The van der Waals surface area contributed by atoms with Crippen LogP contribution >= 0.6 is 0 Å². The van der Waals surface area contributed by atoms with Crippen molar-refractivity contribution in [2.45, 2.75) is 31.7 Å². The average Bonchev–Trinajstić information content (AvgIpc) is 2.76. The first-order valence-corrected chi connectivity index (χ1v) is 8.03. The first-order chi connectivity index (χ1) is 10.3. The summed E-state index contributed by atoms with van der Waals surface area (Å²) in [4.78, 5) is 5.16. The highest BCUT2D eigenvalue weighted by molar-refractivity contribution is 5.62. The molecule has 2 aliphatic rings. The molecule has 1 unspecified atom stereocenters. The summed E-state index contributed by atoms with van der Waals surface area (Å²) in [5.41, 5.74) is 1.17. The highest BCUT2D eigenvalue weighted by Gasteiger charge is 2.28. The standard InChI is InChI=1S/C17H26N2O2/c1-20-15-7-8-17(21-2)16(12-15)19-11-5-10-18-9-4-3-6-14(18)13-19/h7-8,12,14H,3-6,9-11,13H2,1-2H3. The number of anilines is 1. The average molecular weight is 290 g/mol. The van der Waals surface area contributed by atoms with Crippen molar-refractivity contribution >= 4 is 5.69 Å². The fraction of sp³-hybridized carbons (Fsp3) is 0.647. The topological polar surface area (TPSA) is 24.9 Å². The molecule has 4 nitrogen and oxygen atoms in total. The summed E-state index contributed by atoms with van der Waals surface area (Å²) < 4.78 is 11.0. The Morgan fingerprint density at radius 2 is 1.86 bits per heavy atom. The number of methoxy groups -OCH3 is 2. The van der Waals surface area contributed by atoms with Gasteiger partial charge in [-0.1, -0.05) is 6.42 Å². The molecule has 0 bridgehead atoms. The zero-order valence-corrected chi connectivity index (χ0v) is 13.2. The molecular formula is C17H26N2O2. The predicted molar refractivity (Wildman–Crippen MR) is 85.6 cm³/mol. The molecular weight excluding hydrogens is 264 g/mol. The Bertz CT molecular complexity index is 478. The maximum Gasteiger partial charge on any atom is 0.142 e. The summed E-state index contributed by atoms with van der Waals surface area (Å²) >= 11 is 0. The summed E-state index contributed by atoms with van der Waals surface area (Å²) in [7, 11) is 3.47. The minimum atomic E-state index is 0.692. The first-order valence-electron chi connectivity index (χ1n) is 8.03. The second-order valence-corrected chi connectivity index (χ2v) is 6.02. The van der Waals surface area contributed by atoms with Crippen molar-refractivity contribution in [3.8, 4) is 11.5 Å². The van der Waals surface area contributed by atoms with Gasteiger partial charge in [-0.2, -0.15) is 0 Å². The summed E-state index contributed by atoms with van der Waals surface area (Å²) in [6.45, 7) is 4.70. The van der Waals surface area contributed by atoms with Crippen LogP contribution in [0, 0.1) is 0 Å². The third-order valence-electron chi connectivity index (χ3n) is 4.78. The first kappa shape index (κ1) is 14.5. The Hall–Kier alpha value is -1.42. The Labute approximate surface area is 127 Å². The highest BCUT2D eigenvalue weighted by Crippen LogP contribution is 2.34. The number of benzene rings is 1. The van der Waals surface area contributed by atoms with Crippen molar-refractivity contribution in [1.82, 2.24) is 4.90 Å². The van der Waals surface area contributed by atoms with Crippen molar-refractivity contribution in [1.29, 1.82) is 0 Å². The smallest absolute Gasteiger partial charge is 0.142 e. The lowest BCUT2D eigenvalue weighted by atomic mass is 10.0. The van der Waals surface area contributed by atoms with E-state index in [-0.39, 0.29) is 0 Å². The number of rotatable bonds is 3. The molecule has 1 atom stereocenters. The van der Waals surface area contributed by atoms with Crippen LogP contribution in [-0.2, 0) is 0 Å². The summed E-state index contributed by atoms with van der Waals surface area (Å²) in [5.74, 6) is 1.84. The van der Waals surface area contributed by atoms with Crippen LogP contribution in [0.15, 0.2) is 18.2 Å². The molecule has 3 rings (SSSR count). The number of fused-ring (bicyclic) bond motifs is 1. The summed E-state index contributed by atoms with van der Waals surface area (Å²) in [6, 6.07) is 6.78. The van der Waals surface area contributed by atoms with Gasteiger partial charge in [0.05, 0.1) is 19.9 Å². The van der Waals surface area contributed by atoms with Crippen LogP contribution in [-0.4, -0.2) is 51.3 Å². The molecule has 2 aliphatic heterocycles. The van der Waals surface area contributed by atoms with Gasteiger partial charge in [0.15, 0.2) is 0 Å². The van der Waals surface area contributed by atoms with Crippen LogP contribution in [0.1, 0.15) is 25.7 Å². The van der Waals surface area contributed by atoms with Gasteiger partial charge >= 0.3 is 0 Å². The van der Waals surface area contributed by atoms with Crippen LogP contribution in [0.5, 0.6) is 11.5 Å². The van der Waals surface area contributed by atoms with Gasteiger partial charge in [0.2, 0.25) is 0 Å². The van der Waals surface area contributed by atoms with Gasteiger partial charge in [0.25, 0.3) is 0 Å². The number of hydrogen-bond donors (Lipinski definition) is 0. The number of hydrogen-bond acceptors (Lipinski definition) is 4. The Morgan fingerprint density at radius 1 is 1.00 bits per heavy atom. The molecule has 0 N–H and O–H groups in total. The van der Waals surface area contributed by atoms with Crippen molar-refractivity contribution in [3.63, 3.8) is 0 Å². The minimum Gasteiger partial charge on any atom is -0.497 e. The molecule has 0 radical (unpaired) electrons. The zero-order valence-electron chi connectivity index (χ0n) is 13.2. The molecule has 0 aliphatic carbocycles. The highest BCUT2D eigenvalue weighted by atomic mass is 16.5. The largest absolute Gasteiger partial charge is 0.497 e. The van der Waals surface area contributed by atoms with Gasteiger partial charge < -0.3 is 14.4 Å². The lowest BCUT2D eigenvalue weighted by Crippen LogP contribution is -2.44. The van der Waals surface area contributed by atoms with E-state index in [1.165, 1.54) is 44.5 Å². The van der Waals surface area contributed by atoms with Crippen molar-refractivity contribution < 1.29 is 9.47 Å². The monoisotopic (exact) mass is 290 g/mol. The lowest BCUT2D eigenvalue weighted by molar-refractivity contribution is 0.162. The van der Waals surface area contributed by atoms with E-state index in [1.807, 2.05) is 12.1 Å². The summed E-state index contributed by atoms with van der Waals surface area (Å²) in [6.07, 6.45) is 5.27. The molecule has 2 heterocycles. The molecule has 0 saturated carbocycles. The van der Waals surface area contributed by atoms with Gasteiger partial charge in [-0.3, -0.25) is 4.90 Å². The Balaban J connectivity index is 1.84. The second kappa shape index (κ2) is 6.56. The fourth-order valence-electron chi connectivity index (χ4n) is 3.63. The van der Waals surface area contributed by atoms with E-state index in [9.17, 15) is 0 Å². The minimum absolute atomic E-state index is 0.692. The van der Waals surface area contributed by atoms with E-state index < -0.39 is 0 Å². The number of ether oxygens (including phenoxy) is 2. The molecule has 1 aromatic carbocycles. The van der Waals surface area contributed by atoms with Gasteiger partial charge in [0, 0.05) is 31.7 Å². The quantitative estimate of drug-likeness (QED) is 0.854. The molecule has 21 heavy (non-hydrogen) atoms. The van der Waals surface area contributed by atoms with Crippen LogP contribution < -0.4 is 14.4 Å². The van der Waals surface area contributed by atoms with E-state index in [1.54, 1.807) is 14.2 Å². The van der Waals surface area contributed by atoms with Gasteiger partial charge in [-0.25, -0.2) is 0 Å². The van der Waals surface area contributed by atoms with E-state index >= 15 is 0 Å². The van der Waals surface area contributed by atoms with Crippen LogP contribution in [0.3, 0.4) is 0 Å². The van der Waals surface area contributed by atoms with E-state index in [0.29, 0.717) is 6.04 Å². The Kier molecular flexibility index (Phi) is 4.54. The maximum absolute atomic E-state index is 5.56. The molecule has 0 spiro atoms. The SMILES string of the molecule is COc1ccc(OC)c(N2CCCN3CCCCC3C2)c1. The second-order valence-electron chi connectivity index (χ2n) is 6.02. The Morgan fingerprint density at radius 3 is 2.67 bits per heavy atom. The van der Waals surface area contributed by atoms with Crippen LogP contribution in [0.25, 0.3) is 0 Å². The van der Waals surface area contributed by atoms with Crippen molar-refractivity contribution in [2.24, 2.45) is 0 Å². The molecule has 116 valence electrons. The number of piperidine rings is 1. The lowest BCUT2D eigenvalue weighted by Gasteiger charge is -2.36. The molecule has 4 heteroatoms. The van der Waals surface area contributed by atoms with Gasteiger partial charge in [-0.05, 0) is 37.9 Å². The molecule has 2 saturated heterocycles. The van der Waals surface area contributed by atoms with Crippen molar-refractivity contribution in [2.75, 3.05) is 45.3 Å². The maximum atomic E-state index is 5.56. The summed E-state index contributed by atoms with van der Waals surface area (Å²) in [5, 5.41) is 0. The molecule has 0 aromatic heterocycles. The van der Waals surface area contributed by atoms with E-state index in [2.05, 4.69) is 15.9 Å². The third kappa shape index (κ3) is 3.10. The van der Waals surface area contributed by atoms with Crippen LogP contribution in [0.2, 0.25) is 0 Å². The molecule has 0 amide bonds. The van der Waals surface area contributed by atoms with Gasteiger partial charge in [0.1, 0.15) is 11.5 Å². The molecule has 2 fully saturated rings. The normalized spacial score (nSPS) is 23.3. The van der Waals surface area contributed by atoms with E-state index in [0.717, 1.165) is 24.6 Å².